The Labute approximate surface area is 197 Å². The monoisotopic (exact) mass is 447 g/mol. The van der Waals surface area contributed by atoms with E-state index in [9.17, 15) is 0 Å². The maximum absolute atomic E-state index is 6.53. The van der Waals surface area contributed by atoms with Crippen LogP contribution in [0.1, 0.15) is 42.3 Å². The Morgan fingerprint density at radius 2 is 1.59 bits per heavy atom. The molecule has 1 unspecified atom stereocenters. The highest BCUT2D eigenvalue weighted by Gasteiger charge is 2.34. The van der Waals surface area contributed by atoms with Gasteiger partial charge in [-0.15, -0.1) is 5.10 Å². The number of rotatable bonds is 5. The lowest BCUT2D eigenvalue weighted by atomic mass is 9.72. The van der Waals surface area contributed by atoms with Crippen LogP contribution in [-0.4, -0.2) is 24.6 Å². The quantitative estimate of drug-likeness (QED) is 0.417. The van der Waals surface area contributed by atoms with Gasteiger partial charge in [0.05, 0.1) is 11.7 Å². The smallest absolute Gasteiger partial charge is 0.253 e. The first-order valence-corrected chi connectivity index (χ1v) is 11.5. The molecule has 7 nitrogen and oxygen atoms in total. The van der Waals surface area contributed by atoms with Gasteiger partial charge in [0.25, 0.3) is 5.78 Å². The lowest BCUT2D eigenvalue weighted by Gasteiger charge is -2.38. The van der Waals surface area contributed by atoms with Crippen LogP contribution in [0.15, 0.2) is 85.3 Å². The molecule has 2 aromatic carbocycles. The highest BCUT2D eigenvalue weighted by Crippen LogP contribution is 2.39. The molecule has 6 rings (SSSR count). The van der Waals surface area contributed by atoms with Gasteiger partial charge in [-0.2, -0.15) is 4.98 Å². The normalized spacial score (nSPS) is 15.7. The van der Waals surface area contributed by atoms with E-state index in [0.717, 1.165) is 40.8 Å². The Balaban J connectivity index is 1.47. The number of nitrogens with two attached hydrogens (primary N) is 2. The van der Waals surface area contributed by atoms with E-state index in [1.807, 2.05) is 36.5 Å². The minimum Gasteiger partial charge on any atom is -0.321 e. The van der Waals surface area contributed by atoms with Crippen LogP contribution < -0.4 is 11.5 Å². The van der Waals surface area contributed by atoms with E-state index in [-0.39, 0.29) is 5.54 Å². The second-order valence-electron chi connectivity index (χ2n) is 8.93. The third-order valence-electron chi connectivity index (χ3n) is 6.76. The third-order valence-corrected chi connectivity index (χ3v) is 6.76. The van der Waals surface area contributed by atoms with E-state index in [1.54, 1.807) is 16.9 Å². The molecular formula is C27H25N7. The Morgan fingerprint density at radius 3 is 2.26 bits per heavy atom. The van der Waals surface area contributed by atoms with Crippen LogP contribution in [0.5, 0.6) is 0 Å². The zero-order chi connectivity index (χ0) is 23.1. The van der Waals surface area contributed by atoms with E-state index in [4.69, 9.17) is 16.5 Å². The minimum absolute atomic E-state index is 0.191. The molecule has 0 radical (unpaired) electrons. The summed E-state index contributed by atoms with van der Waals surface area (Å²) in [6.45, 7) is 0. The summed E-state index contributed by atoms with van der Waals surface area (Å²) in [6, 6.07) is 21.9. The molecule has 34 heavy (non-hydrogen) atoms. The van der Waals surface area contributed by atoms with Crippen molar-refractivity contribution in [2.75, 3.05) is 0 Å². The van der Waals surface area contributed by atoms with Crippen LogP contribution in [0.25, 0.3) is 28.2 Å². The summed E-state index contributed by atoms with van der Waals surface area (Å²) in [5.41, 5.74) is 18.8. The molecule has 1 aliphatic rings. The summed E-state index contributed by atoms with van der Waals surface area (Å²) in [7, 11) is 0. The molecule has 5 aromatic rings. The fourth-order valence-corrected chi connectivity index (χ4v) is 4.54. The lowest BCUT2D eigenvalue weighted by Crippen LogP contribution is -2.43. The maximum atomic E-state index is 6.53. The van der Waals surface area contributed by atoms with Gasteiger partial charge in [0.15, 0.2) is 5.82 Å². The standard InChI is InChI=1S/C27H25N7/c28-23(19-11-15-30-16-12-19)25-32-26-31-24(20-7-9-21(10-8-20)27(29)13-4-14-27)22(17-34(26)33-25)18-5-2-1-3-6-18/h1-3,5-12,15-17,23H,4,13-14,28-29H2. The summed E-state index contributed by atoms with van der Waals surface area (Å²) in [4.78, 5) is 13.7. The maximum Gasteiger partial charge on any atom is 0.253 e. The molecule has 0 bridgehead atoms. The number of aromatic nitrogens is 5. The van der Waals surface area contributed by atoms with Crippen molar-refractivity contribution in [3.05, 3.63) is 102 Å². The lowest BCUT2D eigenvalue weighted by molar-refractivity contribution is 0.253. The van der Waals surface area contributed by atoms with Gasteiger partial charge in [0.1, 0.15) is 0 Å². The van der Waals surface area contributed by atoms with Gasteiger partial charge >= 0.3 is 0 Å². The Bertz CT molecular complexity index is 1440. The van der Waals surface area contributed by atoms with Crippen molar-refractivity contribution in [1.82, 2.24) is 24.6 Å². The van der Waals surface area contributed by atoms with Gasteiger partial charge < -0.3 is 11.5 Å². The van der Waals surface area contributed by atoms with Crippen molar-refractivity contribution in [3.8, 4) is 22.4 Å². The van der Waals surface area contributed by atoms with E-state index in [0.29, 0.717) is 11.6 Å². The van der Waals surface area contributed by atoms with Crippen LogP contribution in [0, 0.1) is 0 Å². The first-order valence-electron chi connectivity index (χ1n) is 11.5. The molecular weight excluding hydrogens is 422 g/mol. The Morgan fingerprint density at radius 1 is 0.853 bits per heavy atom. The fourth-order valence-electron chi connectivity index (χ4n) is 4.54. The van der Waals surface area contributed by atoms with Gasteiger partial charge in [-0.25, -0.2) is 9.50 Å². The summed E-state index contributed by atoms with van der Waals surface area (Å²) < 4.78 is 1.71. The second-order valence-corrected chi connectivity index (χ2v) is 8.93. The van der Waals surface area contributed by atoms with Crippen LogP contribution in [0.2, 0.25) is 0 Å². The van der Waals surface area contributed by atoms with Gasteiger partial charge in [-0.3, -0.25) is 4.98 Å². The van der Waals surface area contributed by atoms with E-state index < -0.39 is 6.04 Å². The summed E-state index contributed by atoms with van der Waals surface area (Å²) in [5.74, 6) is 1.02. The summed E-state index contributed by atoms with van der Waals surface area (Å²) in [5, 5.41) is 4.66. The third kappa shape index (κ3) is 3.55. The molecule has 0 saturated heterocycles. The van der Waals surface area contributed by atoms with Gasteiger partial charge in [-0.05, 0) is 48.1 Å². The second kappa shape index (κ2) is 8.13. The molecule has 0 spiro atoms. The zero-order valence-corrected chi connectivity index (χ0v) is 18.7. The van der Waals surface area contributed by atoms with E-state index >= 15 is 0 Å². The number of pyridine rings is 1. The Kier molecular flexibility index (Phi) is 4.94. The van der Waals surface area contributed by atoms with Crippen molar-refractivity contribution in [2.45, 2.75) is 30.8 Å². The number of fused-ring (bicyclic) bond motifs is 1. The topological polar surface area (TPSA) is 108 Å². The van der Waals surface area contributed by atoms with Crippen molar-refractivity contribution in [1.29, 1.82) is 0 Å². The number of hydrogen-bond donors (Lipinski definition) is 2. The van der Waals surface area contributed by atoms with Crippen LogP contribution in [0.4, 0.5) is 0 Å². The van der Waals surface area contributed by atoms with Crippen LogP contribution in [-0.2, 0) is 5.54 Å². The predicted molar refractivity (Wildman–Crippen MR) is 132 cm³/mol. The zero-order valence-electron chi connectivity index (χ0n) is 18.7. The molecule has 4 N–H and O–H groups in total. The van der Waals surface area contributed by atoms with Gasteiger partial charge in [0, 0.05) is 35.3 Å². The molecule has 7 heteroatoms. The number of hydrogen-bond acceptors (Lipinski definition) is 6. The molecule has 0 aliphatic heterocycles. The summed E-state index contributed by atoms with van der Waals surface area (Å²) in [6.07, 6.45) is 8.66. The number of nitrogens with zero attached hydrogens (tertiary/aromatic N) is 5. The van der Waals surface area contributed by atoms with Gasteiger partial charge in [-0.1, -0.05) is 54.6 Å². The van der Waals surface area contributed by atoms with Crippen LogP contribution >= 0.6 is 0 Å². The SMILES string of the molecule is NC(c1ccncc1)c1nc2nc(-c3ccc(C4(N)CCC4)cc3)c(-c3ccccc3)cn2n1. The van der Waals surface area contributed by atoms with Crippen molar-refractivity contribution >= 4 is 5.78 Å². The number of benzene rings is 2. The van der Waals surface area contributed by atoms with Crippen LogP contribution in [0.3, 0.4) is 0 Å². The summed E-state index contributed by atoms with van der Waals surface area (Å²) >= 11 is 0. The first kappa shape index (κ1) is 20.7. The molecule has 3 heterocycles. The largest absolute Gasteiger partial charge is 0.321 e. The van der Waals surface area contributed by atoms with Crippen molar-refractivity contribution in [3.63, 3.8) is 0 Å². The Hall–Kier alpha value is -3.94. The molecule has 0 amide bonds. The van der Waals surface area contributed by atoms with Crippen molar-refractivity contribution in [2.24, 2.45) is 11.5 Å². The van der Waals surface area contributed by atoms with E-state index in [2.05, 4.69) is 51.5 Å². The minimum atomic E-state index is -0.462. The average molecular weight is 448 g/mol. The highest BCUT2D eigenvalue weighted by atomic mass is 15.3. The molecule has 1 aliphatic carbocycles. The molecule has 1 atom stereocenters. The van der Waals surface area contributed by atoms with Crippen molar-refractivity contribution < 1.29 is 0 Å². The molecule has 3 aromatic heterocycles. The van der Waals surface area contributed by atoms with E-state index in [1.165, 1.54) is 12.0 Å². The average Bonchev–Trinajstić information content (AvgIpc) is 3.30. The molecule has 1 fully saturated rings. The van der Waals surface area contributed by atoms with Gasteiger partial charge in [0.2, 0.25) is 0 Å². The fraction of sp³-hybridized carbons (Fsp3) is 0.185. The molecule has 1 saturated carbocycles. The first-order chi connectivity index (χ1) is 16.6. The highest BCUT2D eigenvalue weighted by molar-refractivity contribution is 5.81. The molecule has 168 valence electrons. The predicted octanol–water partition coefficient (Wildman–Crippen LogP) is 4.24.